The molecule has 0 fully saturated rings. The SMILES string of the molecule is O=C(COC(=O)c1cc(-c2ccc(OCc3ccccc3)cc2)nc2ccccc12)Nc1ccc(Oc2ccccc2)cc1. The molecule has 44 heavy (non-hydrogen) atoms. The van der Waals surface area contributed by atoms with Crippen LogP contribution in [0.3, 0.4) is 0 Å². The molecule has 0 aliphatic rings. The Bertz CT molecular complexity index is 1870. The molecule has 1 N–H and O–H groups in total. The quantitative estimate of drug-likeness (QED) is 0.165. The number of carbonyl (C=O) groups is 2. The smallest absolute Gasteiger partial charge is 0.339 e. The molecule has 0 bridgehead atoms. The zero-order valence-corrected chi connectivity index (χ0v) is 23.7. The lowest BCUT2D eigenvalue weighted by Crippen LogP contribution is -2.21. The monoisotopic (exact) mass is 580 g/mol. The first-order chi connectivity index (χ1) is 21.6. The second-order valence-electron chi connectivity index (χ2n) is 9.93. The van der Waals surface area contributed by atoms with Gasteiger partial charge in [0.1, 0.15) is 23.9 Å². The molecule has 1 heterocycles. The highest BCUT2D eigenvalue weighted by atomic mass is 16.5. The predicted molar refractivity (Wildman–Crippen MR) is 170 cm³/mol. The number of hydrogen-bond donors (Lipinski definition) is 1. The van der Waals surface area contributed by atoms with Crippen LogP contribution >= 0.6 is 0 Å². The predicted octanol–water partition coefficient (Wildman–Crippen LogP) is 8.07. The van der Waals surface area contributed by atoms with Crippen LogP contribution in [-0.4, -0.2) is 23.5 Å². The van der Waals surface area contributed by atoms with Crippen molar-refractivity contribution in [1.82, 2.24) is 4.98 Å². The zero-order valence-electron chi connectivity index (χ0n) is 23.7. The lowest BCUT2D eigenvalue weighted by molar-refractivity contribution is -0.119. The normalized spacial score (nSPS) is 10.6. The number of nitrogens with one attached hydrogen (secondary N) is 1. The largest absolute Gasteiger partial charge is 0.489 e. The highest BCUT2D eigenvalue weighted by Gasteiger charge is 2.17. The summed E-state index contributed by atoms with van der Waals surface area (Å²) in [7, 11) is 0. The summed E-state index contributed by atoms with van der Waals surface area (Å²) < 4.78 is 17.1. The van der Waals surface area contributed by atoms with Crippen molar-refractivity contribution in [3.05, 3.63) is 151 Å². The van der Waals surface area contributed by atoms with Crippen molar-refractivity contribution < 1.29 is 23.8 Å². The fourth-order valence-corrected chi connectivity index (χ4v) is 4.59. The Hall–Kier alpha value is -5.95. The molecule has 0 radical (unpaired) electrons. The molecule has 0 saturated heterocycles. The number of benzene rings is 5. The molecule has 1 amide bonds. The molecule has 7 nitrogen and oxygen atoms in total. The summed E-state index contributed by atoms with van der Waals surface area (Å²) in [5.41, 5.74) is 4.02. The van der Waals surface area contributed by atoms with E-state index in [0.717, 1.165) is 16.9 Å². The van der Waals surface area contributed by atoms with Gasteiger partial charge >= 0.3 is 5.97 Å². The first-order valence-corrected chi connectivity index (χ1v) is 14.1. The van der Waals surface area contributed by atoms with Crippen LogP contribution in [0.4, 0.5) is 5.69 Å². The van der Waals surface area contributed by atoms with Gasteiger partial charge in [0.2, 0.25) is 0 Å². The number of amides is 1. The molecule has 6 aromatic rings. The van der Waals surface area contributed by atoms with Crippen molar-refractivity contribution in [2.24, 2.45) is 0 Å². The number of fused-ring (bicyclic) bond motifs is 1. The summed E-state index contributed by atoms with van der Waals surface area (Å²) in [6.45, 7) is 0.0203. The number of esters is 1. The number of pyridine rings is 1. The minimum absolute atomic E-state index is 0.324. The van der Waals surface area contributed by atoms with E-state index in [1.165, 1.54) is 0 Å². The number of nitrogens with zero attached hydrogens (tertiary/aromatic N) is 1. The van der Waals surface area contributed by atoms with E-state index in [1.54, 1.807) is 30.3 Å². The maximum absolute atomic E-state index is 13.2. The maximum Gasteiger partial charge on any atom is 0.339 e. The number of anilines is 1. The van der Waals surface area contributed by atoms with Gasteiger partial charge in [-0.3, -0.25) is 4.79 Å². The van der Waals surface area contributed by atoms with Crippen LogP contribution < -0.4 is 14.8 Å². The van der Waals surface area contributed by atoms with Crippen molar-refractivity contribution in [2.45, 2.75) is 6.61 Å². The maximum atomic E-state index is 13.2. The van der Waals surface area contributed by atoms with Crippen molar-refractivity contribution in [1.29, 1.82) is 0 Å². The van der Waals surface area contributed by atoms with Crippen molar-refractivity contribution in [2.75, 3.05) is 11.9 Å². The molecule has 0 atom stereocenters. The van der Waals surface area contributed by atoms with Gasteiger partial charge in [0.15, 0.2) is 6.61 Å². The molecule has 0 spiro atoms. The zero-order chi connectivity index (χ0) is 30.1. The Morgan fingerprint density at radius 2 is 1.30 bits per heavy atom. The first-order valence-electron chi connectivity index (χ1n) is 14.1. The molecule has 6 rings (SSSR count). The van der Waals surface area contributed by atoms with Crippen LogP contribution in [0.2, 0.25) is 0 Å². The van der Waals surface area contributed by atoms with Gasteiger partial charge in [-0.05, 0) is 78.4 Å². The summed E-state index contributed by atoms with van der Waals surface area (Å²) in [4.78, 5) is 30.6. The van der Waals surface area contributed by atoms with Gasteiger partial charge in [0.25, 0.3) is 5.91 Å². The lowest BCUT2D eigenvalue weighted by atomic mass is 10.0. The molecular weight excluding hydrogens is 552 g/mol. The molecular formula is C37H28N2O5. The number of hydrogen-bond acceptors (Lipinski definition) is 6. The Morgan fingerprint density at radius 3 is 2.05 bits per heavy atom. The standard InChI is InChI=1S/C37H28N2O5/c40-36(38-28-17-21-31(22-18-28)44-30-11-5-2-6-12-30)25-43-37(41)33-23-35(39-34-14-8-7-13-32(33)34)27-15-19-29(20-16-27)42-24-26-9-3-1-4-10-26/h1-23H,24-25H2,(H,38,40). The first kappa shape index (κ1) is 28.2. The number of para-hydroxylation sites is 2. The molecule has 216 valence electrons. The topological polar surface area (TPSA) is 86.8 Å². The molecule has 0 saturated carbocycles. The van der Waals surface area contributed by atoms with Crippen LogP contribution in [0.1, 0.15) is 15.9 Å². The van der Waals surface area contributed by atoms with Gasteiger partial charge in [0.05, 0.1) is 16.8 Å². The van der Waals surface area contributed by atoms with Gasteiger partial charge in [-0.2, -0.15) is 0 Å². The molecule has 0 aliphatic carbocycles. The fourth-order valence-electron chi connectivity index (χ4n) is 4.59. The lowest BCUT2D eigenvalue weighted by Gasteiger charge is -2.11. The molecule has 5 aromatic carbocycles. The average Bonchev–Trinajstić information content (AvgIpc) is 3.08. The number of aromatic nitrogens is 1. The van der Waals surface area contributed by atoms with E-state index in [9.17, 15) is 9.59 Å². The third-order valence-corrected chi connectivity index (χ3v) is 6.79. The van der Waals surface area contributed by atoms with E-state index in [1.807, 2.05) is 109 Å². The van der Waals surface area contributed by atoms with Gasteiger partial charge in [-0.15, -0.1) is 0 Å². The van der Waals surface area contributed by atoms with E-state index >= 15 is 0 Å². The Kier molecular flexibility index (Phi) is 8.55. The van der Waals surface area contributed by atoms with Crippen molar-refractivity contribution in [3.63, 3.8) is 0 Å². The summed E-state index contributed by atoms with van der Waals surface area (Å²) >= 11 is 0. The van der Waals surface area contributed by atoms with Crippen LogP contribution in [0, 0.1) is 0 Å². The number of carbonyl (C=O) groups excluding carboxylic acids is 2. The van der Waals surface area contributed by atoms with Gasteiger partial charge in [-0.1, -0.05) is 66.7 Å². The minimum Gasteiger partial charge on any atom is -0.489 e. The summed E-state index contributed by atoms with van der Waals surface area (Å²) in [6.07, 6.45) is 0. The summed E-state index contributed by atoms with van der Waals surface area (Å²) in [5.74, 6) is 1.000. The molecule has 7 heteroatoms. The summed E-state index contributed by atoms with van der Waals surface area (Å²) in [5, 5.41) is 3.38. The second-order valence-corrected chi connectivity index (χ2v) is 9.93. The van der Waals surface area contributed by atoms with Crippen LogP contribution in [0.15, 0.2) is 140 Å². The Morgan fingerprint density at radius 1 is 0.659 bits per heavy atom. The van der Waals surface area contributed by atoms with E-state index in [-0.39, 0.29) is 0 Å². The van der Waals surface area contributed by atoms with Gasteiger partial charge < -0.3 is 19.5 Å². The Balaban J connectivity index is 1.10. The third-order valence-electron chi connectivity index (χ3n) is 6.79. The van der Waals surface area contributed by atoms with E-state index in [4.69, 9.17) is 19.2 Å². The van der Waals surface area contributed by atoms with Crippen molar-refractivity contribution >= 4 is 28.5 Å². The Labute approximate surface area is 254 Å². The highest BCUT2D eigenvalue weighted by molar-refractivity contribution is 6.05. The fraction of sp³-hybridized carbons (Fsp3) is 0.0541. The highest BCUT2D eigenvalue weighted by Crippen LogP contribution is 2.27. The molecule has 0 aliphatic heterocycles. The minimum atomic E-state index is -0.616. The number of ether oxygens (including phenoxy) is 3. The number of rotatable bonds is 10. The average molecular weight is 581 g/mol. The van der Waals surface area contributed by atoms with Crippen molar-refractivity contribution in [3.8, 4) is 28.5 Å². The summed E-state index contributed by atoms with van der Waals surface area (Å²) in [6, 6.07) is 42.9. The van der Waals surface area contributed by atoms with E-state index < -0.39 is 18.5 Å². The molecule has 1 aromatic heterocycles. The van der Waals surface area contributed by atoms with Crippen LogP contribution in [0.25, 0.3) is 22.2 Å². The molecule has 0 unspecified atom stereocenters. The van der Waals surface area contributed by atoms with Crippen LogP contribution in [-0.2, 0) is 16.1 Å². The van der Waals surface area contributed by atoms with E-state index in [0.29, 0.717) is 46.0 Å². The second kappa shape index (κ2) is 13.4. The van der Waals surface area contributed by atoms with E-state index in [2.05, 4.69) is 5.32 Å². The van der Waals surface area contributed by atoms with Gasteiger partial charge in [-0.25, -0.2) is 9.78 Å². The third kappa shape index (κ3) is 7.09. The van der Waals surface area contributed by atoms with Gasteiger partial charge in [0, 0.05) is 16.6 Å². The van der Waals surface area contributed by atoms with Crippen LogP contribution in [0.5, 0.6) is 17.2 Å².